The molecule has 0 spiro atoms. The molecule has 2 aromatic carbocycles. The van der Waals surface area contributed by atoms with Crippen molar-refractivity contribution in [3.63, 3.8) is 0 Å². The minimum Gasteiger partial charge on any atom is -0.391 e. The summed E-state index contributed by atoms with van der Waals surface area (Å²) in [6.07, 6.45) is 0. The molecule has 0 unspecified atom stereocenters. The smallest absolute Gasteiger partial charge is 0.268 e. The molecule has 0 bridgehead atoms. The fourth-order valence-electron chi connectivity index (χ4n) is 2.06. The lowest BCUT2D eigenvalue weighted by molar-refractivity contribution is -0.114. The first-order chi connectivity index (χ1) is 11.5. The maximum atomic E-state index is 11.1. The summed E-state index contributed by atoms with van der Waals surface area (Å²) in [5, 5.41) is 1.22. The van der Waals surface area contributed by atoms with Crippen molar-refractivity contribution in [1.29, 1.82) is 0 Å². The van der Waals surface area contributed by atoms with Gasteiger partial charge in [0.15, 0.2) is 0 Å². The van der Waals surface area contributed by atoms with Crippen LogP contribution in [0.3, 0.4) is 0 Å². The summed E-state index contributed by atoms with van der Waals surface area (Å²) in [7, 11) is 0. The molecule has 0 aliphatic rings. The number of thioether (sulfide) groups is 1. The summed E-state index contributed by atoms with van der Waals surface area (Å²) in [6.45, 7) is 0.317. The number of amides is 1. The molecule has 0 aliphatic heterocycles. The van der Waals surface area contributed by atoms with Gasteiger partial charge in [0.1, 0.15) is 11.5 Å². The van der Waals surface area contributed by atoms with Crippen LogP contribution < -0.4 is 23.0 Å². The number of hydrogen-bond acceptors (Lipinski definition) is 6. The third kappa shape index (κ3) is 4.68. The van der Waals surface area contributed by atoms with Crippen LogP contribution in [0.25, 0.3) is 0 Å². The van der Waals surface area contributed by atoms with Crippen molar-refractivity contribution in [3.05, 3.63) is 77.2 Å². The second-order valence-corrected chi connectivity index (χ2v) is 6.19. The van der Waals surface area contributed by atoms with E-state index in [-0.39, 0.29) is 11.5 Å². The second kappa shape index (κ2) is 8.28. The zero-order chi connectivity index (χ0) is 17.5. The number of carbonyl (C=O) groups is 1. The highest BCUT2D eigenvalue weighted by atomic mass is 32.2. The van der Waals surface area contributed by atoms with Gasteiger partial charge < -0.3 is 17.2 Å². The van der Waals surface area contributed by atoms with Crippen LogP contribution in [0.5, 0.6) is 0 Å². The lowest BCUT2D eigenvalue weighted by Gasteiger charge is -2.21. The number of hydrogen-bond donors (Lipinski definition) is 4. The predicted octanol–water partition coefficient (Wildman–Crippen LogP) is 1.23. The number of rotatable bonds is 7. The highest BCUT2D eigenvalue weighted by molar-refractivity contribution is 7.98. The van der Waals surface area contributed by atoms with E-state index in [4.69, 9.17) is 23.0 Å². The SMILES string of the molecule is NC(=O)/C(N)=C(\N)N(N)Cc1ccccc1SCc1ccccc1. The molecule has 2 rings (SSSR count). The number of nitrogens with two attached hydrogens (primary N) is 4. The van der Waals surface area contributed by atoms with Gasteiger partial charge in [-0.1, -0.05) is 48.5 Å². The van der Waals surface area contributed by atoms with Crippen molar-refractivity contribution >= 4 is 17.7 Å². The van der Waals surface area contributed by atoms with E-state index in [9.17, 15) is 4.79 Å². The van der Waals surface area contributed by atoms with E-state index in [1.165, 1.54) is 10.6 Å². The Balaban J connectivity index is 2.11. The summed E-state index contributed by atoms with van der Waals surface area (Å²) in [4.78, 5) is 12.2. The minimum absolute atomic E-state index is 0.0367. The van der Waals surface area contributed by atoms with E-state index in [1.54, 1.807) is 11.8 Å². The Kier molecular flexibility index (Phi) is 6.11. The van der Waals surface area contributed by atoms with Crippen molar-refractivity contribution < 1.29 is 4.79 Å². The molecule has 8 N–H and O–H groups in total. The Bertz CT molecular complexity index is 733. The first kappa shape index (κ1) is 17.7. The summed E-state index contributed by atoms with van der Waals surface area (Å²) in [5.74, 6) is 5.93. The average Bonchev–Trinajstić information content (AvgIpc) is 2.60. The molecule has 0 radical (unpaired) electrons. The van der Waals surface area contributed by atoms with Crippen LogP contribution in [0, 0.1) is 0 Å². The summed E-state index contributed by atoms with van der Waals surface area (Å²) >= 11 is 1.71. The average molecular weight is 343 g/mol. The molecule has 1 amide bonds. The molecule has 0 aromatic heterocycles. The highest BCUT2D eigenvalue weighted by Crippen LogP contribution is 2.27. The van der Waals surface area contributed by atoms with Gasteiger partial charge in [-0.05, 0) is 17.2 Å². The number of benzene rings is 2. The van der Waals surface area contributed by atoms with Gasteiger partial charge in [-0.25, -0.2) is 5.84 Å². The van der Waals surface area contributed by atoms with Gasteiger partial charge in [0.25, 0.3) is 5.91 Å². The molecule has 126 valence electrons. The molecule has 0 saturated carbocycles. The van der Waals surface area contributed by atoms with Gasteiger partial charge in [0.05, 0.1) is 6.54 Å². The molecule has 0 fully saturated rings. The molecule has 7 heteroatoms. The van der Waals surface area contributed by atoms with Gasteiger partial charge in [-0.15, -0.1) is 11.8 Å². The van der Waals surface area contributed by atoms with Crippen LogP contribution in [-0.4, -0.2) is 10.9 Å². The third-order valence-electron chi connectivity index (χ3n) is 3.40. The van der Waals surface area contributed by atoms with E-state index in [2.05, 4.69) is 12.1 Å². The Morgan fingerprint density at radius 3 is 2.25 bits per heavy atom. The largest absolute Gasteiger partial charge is 0.391 e. The van der Waals surface area contributed by atoms with Crippen LogP contribution in [-0.2, 0) is 17.1 Å². The van der Waals surface area contributed by atoms with E-state index in [1.807, 2.05) is 42.5 Å². The number of hydrazine groups is 1. The van der Waals surface area contributed by atoms with Crippen LogP contribution in [0.2, 0.25) is 0 Å². The van der Waals surface area contributed by atoms with E-state index < -0.39 is 5.91 Å². The van der Waals surface area contributed by atoms with Gasteiger partial charge in [-0.2, -0.15) is 0 Å². The molecule has 0 saturated heterocycles. The predicted molar refractivity (Wildman–Crippen MR) is 96.8 cm³/mol. The maximum absolute atomic E-state index is 11.1. The summed E-state index contributed by atoms with van der Waals surface area (Å²) < 4.78 is 0. The van der Waals surface area contributed by atoms with Crippen LogP contribution in [0.15, 0.2) is 71.0 Å². The maximum Gasteiger partial charge on any atom is 0.268 e. The topological polar surface area (TPSA) is 124 Å². The van der Waals surface area contributed by atoms with Crippen molar-refractivity contribution in [2.75, 3.05) is 0 Å². The van der Waals surface area contributed by atoms with Crippen molar-refractivity contribution in [2.24, 2.45) is 23.0 Å². The molecule has 0 atom stereocenters. The second-order valence-electron chi connectivity index (χ2n) is 5.17. The monoisotopic (exact) mass is 343 g/mol. The van der Waals surface area contributed by atoms with Gasteiger partial charge in [-0.3, -0.25) is 9.80 Å². The molecule has 24 heavy (non-hydrogen) atoms. The molecular formula is C17H21N5OS. The number of carbonyl (C=O) groups excluding carboxylic acids is 1. The normalized spacial score (nSPS) is 11.7. The van der Waals surface area contributed by atoms with Gasteiger partial charge >= 0.3 is 0 Å². The lowest BCUT2D eigenvalue weighted by Crippen LogP contribution is -2.39. The molecule has 6 nitrogen and oxygen atoms in total. The standard InChI is InChI=1S/C17H21N5OS/c18-15(17(20)23)16(19)22(21)10-13-8-4-5-9-14(13)24-11-12-6-2-1-3-7-12/h1-9H,10-11,18-19,21H2,(H2,20,23)/b16-15-. The summed E-state index contributed by atoms with van der Waals surface area (Å²) in [6, 6.07) is 18.1. The number of primary amides is 1. The fourth-order valence-corrected chi connectivity index (χ4v) is 3.07. The Labute approximate surface area is 145 Å². The Morgan fingerprint density at radius 1 is 0.958 bits per heavy atom. The molecule has 0 heterocycles. The van der Waals surface area contributed by atoms with E-state index in [0.717, 1.165) is 16.2 Å². The van der Waals surface area contributed by atoms with Crippen molar-refractivity contribution in [1.82, 2.24) is 5.01 Å². The zero-order valence-corrected chi connectivity index (χ0v) is 14.0. The van der Waals surface area contributed by atoms with Crippen LogP contribution >= 0.6 is 11.8 Å². The van der Waals surface area contributed by atoms with E-state index in [0.29, 0.717) is 6.54 Å². The third-order valence-corrected chi connectivity index (χ3v) is 4.59. The van der Waals surface area contributed by atoms with E-state index >= 15 is 0 Å². The quantitative estimate of drug-likeness (QED) is 0.259. The zero-order valence-electron chi connectivity index (χ0n) is 13.2. The first-order valence-corrected chi connectivity index (χ1v) is 8.29. The number of nitrogens with zero attached hydrogens (tertiary/aromatic N) is 1. The van der Waals surface area contributed by atoms with Crippen molar-refractivity contribution in [2.45, 2.75) is 17.2 Å². The molecule has 0 aliphatic carbocycles. The molecular weight excluding hydrogens is 322 g/mol. The Morgan fingerprint density at radius 2 is 1.58 bits per heavy atom. The fraction of sp³-hybridized carbons (Fsp3) is 0.118. The van der Waals surface area contributed by atoms with Crippen molar-refractivity contribution in [3.8, 4) is 0 Å². The van der Waals surface area contributed by atoms with Crippen LogP contribution in [0.1, 0.15) is 11.1 Å². The van der Waals surface area contributed by atoms with Crippen LogP contribution in [0.4, 0.5) is 0 Å². The Hall–Kier alpha value is -2.64. The minimum atomic E-state index is -0.797. The lowest BCUT2D eigenvalue weighted by atomic mass is 10.2. The highest BCUT2D eigenvalue weighted by Gasteiger charge is 2.13. The first-order valence-electron chi connectivity index (χ1n) is 7.31. The van der Waals surface area contributed by atoms with Gasteiger partial charge in [0.2, 0.25) is 0 Å². The van der Waals surface area contributed by atoms with Gasteiger partial charge in [0, 0.05) is 10.6 Å². The molecule has 2 aromatic rings. The summed E-state index contributed by atoms with van der Waals surface area (Å²) in [5.41, 5.74) is 18.4.